The van der Waals surface area contributed by atoms with Crippen LogP contribution in [0.1, 0.15) is 26.1 Å². The van der Waals surface area contributed by atoms with Gasteiger partial charge in [-0.3, -0.25) is 14.3 Å². The van der Waals surface area contributed by atoms with Crippen LogP contribution in [-0.2, 0) is 6.42 Å². The molecule has 0 amide bonds. The number of hydrogen-bond acceptors (Lipinski definition) is 3. The number of aromatic nitrogens is 3. The van der Waals surface area contributed by atoms with Crippen molar-refractivity contribution in [2.75, 3.05) is 0 Å². The van der Waals surface area contributed by atoms with Crippen LogP contribution < -0.4 is 5.56 Å². The zero-order chi connectivity index (χ0) is 16.4. The zero-order valence-corrected chi connectivity index (χ0v) is 13.9. The van der Waals surface area contributed by atoms with E-state index in [0.717, 1.165) is 18.7 Å². The van der Waals surface area contributed by atoms with E-state index in [2.05, 4.69) is 18.8 Å². The topological polar surface area (TPSA) is 47.8 Å². The molecule has 2 aromatic heterocycles. The molecule has 5 heteroatoms. The van der Waals surface area contributed by atoms with Crippen LogP contribution >= 0.6 is 11.6 Å². The van der Waals surface area contributed by atoms with E-state index in [1.54, 1.807) is 23.0 Å². The van der Waals surface area contributed by atoms with E-state index in [4.69, 9.17) is 16.6 Å². The largest absolute Gasteiger partial charge is 0.268 e. The van der Waals surface area contributed by atoms with Crippen molar-refractivity contribution in [2.45, 2.75) is 26.7 Å². The Labute approximate surface area is 139 Å². The molecule has 0 aliphatic heterocycles. The number of hydrogen-bond donors (Lipinski definition) is 0. The van der Waals surface area contributed by atoms with Crippen molar-refractivity contribution in [1.82, 2.24) is 14.5 Å². The summed E-state index contributed by atoms with van der Waals surface area (Å²) >= 11 is 6.23. The average Bonchev–Trinajstić information content (AvgIpc) is 2.53. The van der Waals surface area contributed by atoms with Crippen LogP contribution in [0.2, 0.25) is 5.02 Å². The zero-order valence-electron chi connectivity index (χ0n) is 13.2. The van der Waals surface area contributed by atoms with E-state index in [1.807, 2.05) is 24.3 Å². The SMILES string of the molecule is CC(C)CCc1nc2cccc(Cl)c2c(=O)n1-c1cccnc1. The number of nitrogens with zero attached hydrogens (tertiary/aromatic N) is 3. The molecule has 2 heterocycles. The molecule has 3 aromatic rings. The first-order valence-electron chi connectivity index (χ1n) is 7.68. The van der Waals surface area contributed by atoms with E-state index < -0.39 is 0 Å². The van der Waals surface area contributed by atoms with E-state index in [0.29, 0.717) is 27.5 Å². The molecule has 0 aliphatic carbocycles. The Kier molecular flexibility index (Phi) is 4.44. The summed E-state index contributed by atoms with van der Waals surface area (Å²) < 4.78 is 1.63. The highest BCUT2D eigenvalue weighted by Gasteiger charge is 2.15. The molecular formula is C18H18ClN3O. The lowest BCUT2D eigenvalue weighted by atomic mass is 10.1. The van der Waals surface area contributed by atoms with Crippen molar-refractivity contribution in [3.63, 3.8) is 0 Å². The first-order valence-corrected chi connectivity index (χ1v) is 8.06. The Morgan fingerprint density at radius 1 is 1.22 bits per heavy atom. The van der Waals surface area contributed by atoms with Crippen LogP contribution in [-0.4, -0.2) is 14.5 Å². The Bertz CT molecular complexity index is 888. The van der Waals surface area contributed by atoms with Crippen LogP contribution in [0.3, 0.4) is 0 Å². The minimum Gasteiger partial charge on any atom is -0.268 e. The van der Waals surface area contributed by atoms with Gasteiger partial charge in [0.15, 0.2) is 0 Å². The molecule has 0 aliphatic rings. The van der Waals surface area contributed by atoms with Gasteiger partial charge in [-0.15, -0.1) is 0 Å². The molecule has 118 valence electrons. The lowest BCUT2D eigenvalue weighted by molar-refractivity contribution is 0.568. The average molecular weight is 328 g/mol. The molecule has 0 radical (unpaired) electrons. The second-order valence-corrected chi connectivity index (χ2v) is 6.35. The highest BCUT2D eigenvalue weighted by Crippen LogP contribution is 2.21. The normalized spacial score (nSPS) is 11.3. The molecule has 23 heavy (non-hydrogen) atoms. The molecule has 1 aromatic carbocycles. The maximum absolute atomic E-state index is 13.0. The van der Waals surface area contributed by atoms with Crippen molar-refractivity contribution >= 4 is 22.5 Å². The third-order valence-electron chi connectivity index (χ3n) is 3.77. The van der Waals surface area contributed by atoms with Gasteiger partial charge >= 0.3 is 0 Å². The van der Waals surface area contributed by atoms with E-state index in [1.165, 1.54) is 0 Å². The van der Waals surface area contributed by atoms with Gasteiger partial charge in [-0.05, 0) is 36.6 Å². The van der Waals surface area contributed by atoms with Crippen molar-refractivity contribution in [3.05, 3.63) is 63.9 Å². The molecule has 0 saturated carbocycles. The van der Waals surface area contributed by atoms with Crippen molar-refractivity contribution in [2.24, 2.45) is 5.92 Å². The monoisotopic (exact) mass is 327 g/mol. The molecule has 0 unspecified atom stereocenters. The Morgan fingerprint density at radius 3 is 2.74 bits per heavy atom. The minimum absolute atomic E-state index is 0.146. The van der Waals surface area contributed by atoms with Gasteiger partial charge in [0.2, 0.25) is 0 Å². The molecule has 0 bridgehead atoms. The van der Waals surface area contributed by atoms with E-state index in [9.17, 15) is 4.79 Å². The summed E-state index contributed by atoms with van der Waals surface area (Å²) in [7, 11) is 0. The first kappa shape index (κ1) is 15.7. The summed E-state index contributed by atoms with van der Waals surface area (Å²) in [6, 6.07) is 9.03. The predicted octanol–water partition coefficient (Wildman–Crippen LogP) is 4.02. The van der Waals surface area contributed by atoms with Crippen LogP contribution in [0.25, 0.3) is 16.6 Å². The van der Waals surface area contributed by atoms with Crippen LogP contribution in [0.5, 0.6) is 0 Å². The van der Waals surface area contributed by atoms with Crippen LogP contribution in [0.15, 0.2) is 47.5 Å². The van der Waals surface area contributed by atoms with Crippen molar-refractivity contribution in [1.29, 1.82) is 0 Å². The van der Waals surface area contributed by atoms with Gasteiger partial charge in [0.05, 0.1) is 27.8 Å². The Balaban J connectivity index is 2.29. The second kappa shape index (κ2) is 6.50. The molecule has 4 nitrogen and oxygen atoms in total. The number of aryl methyl sites for hydroxylation is 1. The van der Waals surface area contributed by atoms with Gasteiger partial charge in [0.25, 0.3) is 5.56 Å². The number of pyridine rings is 1. The Hall–Kier alpha value is -2.20. The standard InChI is InChI=1S/C18H18ClN3O/c1-12(2)8-9-16-21-15-7-3-6-14(19)17(15)18(23)22(16)13-5-4-10-20-11-13/h3-7,10-12H,8-9H2,1-2H3. The maximum atomic E-state index is 13.0. The number of rotatable bonds is 4. The summed E-state index contributed by atoms with van der Waals surface area (Å²) in [5, 5.41) is 0.874. The summed E-state index contributed by atoms with van der Waals surface area (Å²) in [5.74, 6) is 1.27. The van der Waals surface area contributed by atoms with Gasteiger partial charge < -0.3 is 0 Å². The predicted molar refractivity (Wildman–Crippen MR) is 93.3 cm³/mol. The molecule has 0 N–H and O–H groups in total. The van der Waals surface area contributed by atoms with Gasteiger partial charge in [-0.1, -0.05) is 31.5 Å². The second-order valence-electron chi connectivity index (χ2n) is 5.95. The third-order valence-corrected chi connectivity index (χ3v) is 4.08. The lowest BCUT2D eigenvalue weighted by Gasteiger charge is -2.14. The molecule has 0 atom stereocenters. The van der Waals surface area contributed by atoms with Crippen molar-refractivity contribution in [3.8, 4) is 5.69 Å². The smallest absolute Gasteiger partial charge is 0.267 e. The molecular weight excluding hydrogens is 310 g/mol. The number of benzene rings is 1. The van der Waals surface area contributed by atoms with Gasteiger partial charge in [-0.25, -0.2) is 4.98 Å². The fourth-order valence-corrected chi connectivity index (χ4v) is 2.82. The number of halogens is 1. The number of fused-ring (bicyclic) bond motifs is 1. The summed E-state index contributed by atoms with van der Waals surface area (Å²) in [6.07, 6.45) is 5.04. The van der Waals surface area contributed by atoms with Crippen LogP contribution in [0, 0.1) is 5.92 Å². The molecule has 3 rings (SSSR count). The van der Waals surface area contributed by atoms with E-state index in [-0.39, 0.29) is 5.56 Å². The van der Waals surface area contributed by atoms with Gasteiger partial charge in [0.1, 0.15) is 5.82 Å². The molecule has 0 spiro atoms. The fourth-order valence-electron chi connectivity index (χ4n) is 2.57. The molecule has 0 fully saturated rings. The van der Waals surface area contributed by atoms with E-state index >= 15 is 0 Å². The highest BCUT2D eigenvalue weighted by atomic mass is 35.5. The van der Waals surface area contributed by atoms with Crippen LogP contribution in [0.4, 0.5) is 0 Å². The minimum atomic E-state index is -0.146. The highest BCUT2D eigenvalue weighted by molar-refractivity contribution is 6.35. The Morgan fingerprint density at radius 2 is 2.04 bits per heavy atom. The quantitative estimate of drug-likeness (QED) is 0.727. The fraction of sp³-hybridized carbons (Fsp3) is 0.278. The summed E-state index contributed by atoms with van der Waals surface area (Å²) in [6.45, 7) is 4.31. The molecule has 0 saturated heterocycles. The van der Waals surface area contributed by atoms with Gasteiger partial charge in [0, 0.05) is 12.6 Å². The maximum Gasteiger partial charge on any atom is 0.267 e. The van der Waals surface area contributed by atoms with Crippen molar-refractivity contribution < 1.29 is 0 Å². The summed E-state index contributed by atoms with van der Waals surface area (Å²) in [5.41, 5.74) is 1.21. The first-order chi connectivity index (χ1) is 11.1. The lowest BCUT2D eigenvalue weighted by Crippen LogP contribution is -2.24. The summed E-state index contributed by atoms with van der Waals surface area (Å²) in [4.78, 5) is 21.8. The van der Waals surface area contributed by atoms with Gasteiger partial charge in [-0.2, -0.15) is 0 Å². The third kappa shape index (κ3) is 3.13.